The van der Waals surface area contributed by atoms with Crippen LogP contribution in [0.15, 0.2) is 42.2 Å². The summed E-state index contributed by atoms with van der Waals surface area (Å²) in [4.78, 5) is 16.9. The fraction of sp³-hybridized carbons (Fsp3) is 0.400. The number of amides is 1. The minimum Gasteiger partial charge on any atom is -0.479 e. The van der Waals surface area contributed by atoms with Crippen LogP contribution in [-0.2, 0) is 0 Å². The highest BCUT2D eigenvalue weighted by Crippen LogP contribution is 2.31. The number of aliphatic hydroxyl groups is 2. The predicted octanol–water partition coefficient (Wildman–Crippen LogP) is 4.51. The van der Waals surface area contributed by atoms with E-state index in [1.165, 1.54) is 16.8 Å². The molecule has 1 aliphatic carbocycles. The topological polar surface area (TPSA) is 121 Å². The van der Waals surface area contributed by atoms with Gasteiger partial charge in [-0.3, -0.25) is 4.79 Å². The van der Waals surface area contributed by atoms with Gasteiger partial charge in [-0.15, -0.1) is 5.10 Å². The standard InChI is InChI=1S/C25H28F3N5O4/c1-13-9-14(5-8-16(13)22(34)31-15-6-7-15)18-11-29-21-17(30-12-24(2,3)36)10-19(32-33(18)21)37-23(35)20(26)25(4,27)28/h5,8-11,15,30,35-36H,6-7,12H2,1-4H3,(H,31,34)/b23-20+. The molecule has 1 aromatic carbocycles. The van der Waals surface area contributed by atoms with Crippen LogP contribution in [0.3, 0.4) is 0 Å². The first-order valence-corrected chi connectivity index (χ1v) is 11.6. The molecular formula is C25H28F3N5O4. The summed E-state index contributed by atoms with van der Waals surface area (Å²) in [6, 6.07) is 6.63. The normalized spacial score (nSPS) is 14.9. The van der Waals surface area contributed by atoms with E-state index < -0.39 is 29.2 Å². The summed E-state index contributed by atoms with van der Waals surface area (Å²) in [5, 5.41) is 30.0. The van der Waals surface area contributed by atoms with E-state index in [0.717, 1.165) is 12.8 Å². The Bertz CT molecular complexity index is 1370. The number of benzene rings is 1. The third-order valence-corrected chi connectivity index (χ3v) is 5.61. The van der Waals surface area contributed by atoms with Gasteiger partial charge >= 0.3 is 11.9 Å². The van der Waals surface area contributed by atoms with Gasteiger partial charge in [-0.05, 0) is 51.3 Å². The lowest BCUT2D eigenvalue weighted by molar-refractivity contribution is 0.0205. The van der Waals surface area contributed by atoms with Crippen molar-refractivity contribution in [3.8, 4) is 17.1 Å². The predicted molar refractivity (Wildman–Crippen MR) is 130 cm³/mol. The van der Waals surface area contributed by atoms with Gasteiger partial charge in [0.15, 0.2) is 5.65 Å². The molecule has 3 aromatic rings. The molecular weight excluding hydrogens is 491 g/mol. The summed E-state index contributed by atoms with van der Waals surface area (Å²) >= 11 is 0. The van der Waals surface area contributed by atoms with Crippen LogP contribution in [0.4, 0.5) is 18.9 Å². The minimum absolute atomic E-state index is 0.0709. The number of carbonyl (C=O) groups excluding carboxylic acids is 1. The van der Waals surface area contributed by atoms with Crippen molar-refractivity contribution in [1.82, 2.24) is 19.9 Å². The molecule has 2 aromatic heterocycles. The number of hydrogen-bond acceptors (Lipinski definition) is 7. The SMILES string of the molecule is Cc1cc(-c2cnc3c(NCC(C)(C)O)cc(O/C(O)=C(/F)C(C)(F)F)nn23)ccc1C(=O)NC1CC1. The highest BCUT2D eigenvalue weighted by molar-refractivity contribution is 5.96. The van der Waals surface area contributed by atoms with Crippen molar-refractivity contribution in [3.63, 3.8) is 0 Å². The van der Waals surface area contributed by atoms with Crippen LogP contribution in [0.5, 0.6) is 5.88 Å². The summed E-state index contributed by atoms with van der Waals surface area (Å²) in [5.41, 5.74) is 1.79. The molecule has 1 saturated carbocycles. The molecule has 4 rings (SSSR count). The maximum Gasteiger partial charge on any atom is 0.323 e. The molecule has 1 fully saturated rings. The molecule has 37 heavy (non-hydrogen) atoms. The Labute approximate surface area is 211 Å². The number of imidazole rings is 1. The summed E-state index contributed by atoms with van der Waals surface area (Å²) in [6.07, 6.45) is 3.45. The number of ether oxygens (including phenoxy) is 1. The Morgan fingerprint density at radius 3 is 2.54 bits per heavy atom. The molecule has 4 N–H and O–H groups in total. The van der Waals surface area contributed by atoms with Gasteiger partial charge in [-0.1, -0.05) is 6.07 Å². The Hall–Kier alpha value is -3.80. The van der Waals surface area contributed by atoms with Crippen molar-refractivity contribution in [3.05, 3.63) is 53.4 Å². The fourth-order valence-corrected chi connectivity index (χ4v) is 3.53. The third-order valence-electron chi connectivity index (χ3n) is 5.61. The van der Waals surface area contributed by atoms with E-state index in [-0.39, 0.29) is 31.1 Å². The van der Waals surface area contributed by atoms with Crippen LogP contribution in [0.25, 0.3) is 16.9 Å². The van der Waals surface area contributed by atoms with Crippen molar-refractivity contribution >= 4 is 17.2 Å². The van der Waals surface area contributed by atoms with E-state index in [0.29, 0.717) is 28.0 Å². The fourth-order valence-electron chi connectivity index (χ4n) is 3.53. The quantitative estimate of drug-likeness (QED) is 0.307. The van der Waals surface area contributed by atoms with Crippen LogP contribution >= 0.6 is 0 Å². The molecule has 1 aliphatic rings. The Kier molecular flexibility index (Phi) is 6.80. The number of halogens is 3. The maximum atomic E-state index is 13.8. The van der Waals surface area contributed by atoms with E-state index in [9.17, 15) is 28.2 Å². The van der Waals surface area contributed by atoms with Gasteiger partial charge in [0.2, 0.25) is 11.7 Å². The average molecular weight is 520 g/mol. The van der Waals surface area contributed by atoms with Gasteiger partial charge in [0.25, 0.3) is 5.91 Å². The number of fused-ring (bicyclic) bond motifs is 1. The number of rotatable bonds is 9. The number of aromatic nitrogens is 3. The number of aliphatic hydroxyl groups excluding tert-OH is 1. The summed E-state index contributed by atoms with van der Waals surface area (Å²) in [5.74, 6) is -8.30. The van der Waals surface area contributed by atoms with Crippen molar-refractivity contribution in [1.29, 1.82) is 0 Å². The van der Waals surface area contributed by atoms with Crippen molar-refractivity contribution < 1.29 is 32.9 Å². The first-order chi connectivity index (χ1) is 17.2. The smallest absolute Gasteiger partial charge is 0.323 e. The number of aryl methyl sites for hydroxylation is 1. The number of nitrogens with zero attached hydrogens (tertiary/aromatic N) is 3. The lowest BCUT2D eigenvalue weighted by atomic mass is 10.0. The zero-order valence-electron chi connectivity index (χ0n) is 20.8. The molecule has 0 spiro atoms. The number of hydrogen-bond donors (Lipinski definition) is 4. The van der Waals surface area contributed by atoms with Gasteiger partial charge in [0.05, 0.1) is 23.2 Å². The Morgan fingerprint density at radius 2 is 1.95 bits per heavy atom. The van der Waals surface area contributed by atoms with E-state index >= 15 is 0 Å². The van der Waals surface area contributed by atoms with Gasteiger partial charge in [0.1, 0.15) is 0 Å². The summed E-state index contributed by atoms with van der Waals surface area (Å²) in [7, 11) is 0. The molecule has 0 aliphatic heterocycles. The summed E-state index contributed by atoms with van der Waals surface area (Å²) in [6.45, 7) is 5.29. The molecule has 0 unspecified atom stereocenters. The highest BCUT2D eigenvalue weighted by atomic mass is 19.3. The van der Waals surface area contributed by atoms with Crippen molar-refractivity contribution in [2.24, 2.45) is 0 Å². The van der Waals surface area contributed by atoms with Gasteiger partial charge in [-0.2, -0.15) is 13.2 Å². The lowest BCUT2D eigenvalue weighted by Crippen LogP contribution is -2.29. The second-order valence-corrected chi connectivity index (χ2v) is 9.83. The van der Waals surface area contributed by atoms with Gasteiger partial charge < -0.3 is 25.6 Å². The largest absolute Gasteiger partial charge is 0.479 e. The molecule has 9 nitrogen and oxygen atoms in total. The molecule has 0 bridgehead atoms. The number of allylic oxidation sites excluding steroid dienone is 1. The number of carbonyl (C=O) groups is 1. The van der Waals surface area contributed by atoms with Crippen LogP contribution in [-0.4, -0.2) is 54.8 Å². The maximum absolute atomic E-state index is 13.8. The molecule has 198 valence electrons. The summed E-state index contributed by atoms with van der Waals surface area (Å²) < 4.78 is 46.7. The Balaban J connectivity index is 1.76. The van der Waals surface area contributed by atoms with Crippen LogP contribution in [0, 0.1) is 6.92 Å². The number of anilines is 1. The minimum atomic E-state index is -3.96. The molecule has 0 radical (unpaired) electrons. The second-order valence-electron chi connectivity index (χ2n) is 9.83. The molecule has 0 atom stereocenters. The first-order valence-electron chi connectivity index (χ1n) is 11.6. The highest BCUT2D eigenvalue weighted by Gasteiger charge is 2.34. The van der Waals surface area contributed by atoms with Crippen LogP contribution in [0.1, 0.15) is 49.5 Å². The van der Waals surface area contributed by atoms with Crippen LogP contribution < -0.4 is 15.4 Å². The van der Waals surface area contributed by atoms with E-state index in [2.05, 4.69) is 20.7 Å². The van der Waals surface area contributed by atoms with Crippen molar-refractivity contribution in [2.75, 3.05) is 11.9 Å². The molecule has 12 heteroatoms. The van der Waals surface area contributed by atoms with Crippen LogP contribution in [0.2, 0.25) is 0 Å². The van der Waals surface area contributed by atoms with Crippen molar-refractivity contribution in [2.45, 2.75) is 58.1 Å². The number of nitrogens with one attached hydrogen (secondary N) is 2. The molecule has 2 heterocycles. The monoisotopic (exact) mass is 519 g/mol. The van der Waals surface area contributed by atoms with E-state index in [1.807, 2.05) is 0 Å². The zero-order chi connectivity index (χ0) is 27.1. The average Bonchev–Trinajstić information content (AvgIpc) is 3.50. The number of alkyl halides is 2. The van der Waals surface area contributed by atoms with E-state index in [1.54, 1.807) is 39.0 Å². The molecule has 0 saturated heterocycles. The second kappa shape index (κ2) is 9.58. The third kappa shape index (κ3) is 6.13. The van der Waals surface area contributed by atoms with Gasteiger partial charge in [0, 0.05) is 36.7 Å². The lowest BCUT2D eigenvalue weighted by Gasteiger charge is -2.19. The molecule has 1 amide bonds. The van der Waals surface area contributed by atoms with Gasteiger partial charge in [-0.25, -0.2) is 9.50 Å². The zero-order valence-corrected chi connectivity index (χ0v) is 20.8. The van der Waals surface area contributed by atoms with E-state index in [4.69, 9.17) is 4.74 Å². The Morgan fingerprint density at radius 1 is 1.24 bits per heavy atom. The first kappa shape index (κ1) is 26.3.